The monoisotopic (exact) mass is 214 g/mol. The molecule has 0 aliphatic carbocycles. The van der Waals surface area contributed by atoms with Crippen LogP contribution in [0.25, 0.3) is 0 Å². The average Bonchev–Trinajstić information content (AvgIpc) is 2.08. The van der Waals surface area contributed by atoms with E-state index in [0.29, 0.717) is 13.0 Å². The maximum Gasteiger partial charge on any atom is 0.311 e. The van der Waals surface area contributed by atoms with Crippen LogP contribution in [0.15, 0.2) is 12.7 Å². The SMILES string of the molecule is C=CC[C@@H](C(=O)OCC(C)(C)C)[C@H](C)O. The topological polar surface area (TPSA) is 46.5 Å². The van der Waals surface area contributed by atoms with Crippen LogP contribution >= 0.6 is 0 Å². The highest BCUT2D eigenvalue weighted by Crippen LogP contribution is 2.17. The van der Waals surface area contributed by atoms with Gasteiger partial charge < -0.3 is 9.84 Å². The fourth-order valence-corrected chi connectivity index (χ4v) is 1.06. The van der Waals surface area contributed by atoms with Gasteiger partial charge in [-0.1, -0.05) is 26.8 Å². The quantitative estimate of drug-likeness (QED) is 0.563. The number of rotatable bonds is 5. The Hall–Kier alpha value is -0.830. The minimum Gasteiger partial charge on any atom is -0.465 e. The summed E-state index contributed by atoms with van der Waals surface area (Å²) in [4.78, 5) is 11.6. The molecular formula is C12H22O3. The predicted molar refractivity (Wildman–Crippen MR) is 60.4 cm³/mol. The van der Waals surface area contributed by atoms with Crippen LogP contribution in [0, 0.1) is 11.3 Å². The highest BCUT2D eigenvalue weighted by molar-refractivity contribution is 5.73. The molecule has 0 amide bonds. The van der Waals surface area contributed by atoms with E-state index < -0.39 is 12.0 Å². The number of ether oxygens (including phenoxy) is 1. The first-order valence-corrected chi connectivity index (χ1v) is 5.23. The van der Waals surface area contributed by atoms with Crippen molar-refractivity contribution in [3.8, 4) is 0 Å². The van der Waals surface area contributed by atoms with Gasteiger partial charge in [-0.25, -0.2) is 0 Å². The highest BCUT2D eigenvalue weighted by atomic mass is 16.5. The van der Waals surface area contributed by atoms with Crippen molar-refractivity contribution in [1.29, 1.82) is 0 Å². The molecule has 0 saturated heterocycles. The van der Waals surface area contributed by atoms with Crippen molar-refractivity contribution in [2.45, 2.75) is 40.2 Å². The van der Waals surface area contributed by atoms with Gasteiger partial charge in [0.15, 0.2) is 0 Å². The van der Waals surface area contributed by atoms with Crippen LogP contribution in [-0.4, -0.2) is 23.8 Å². The fraction of sp³-hybridized carbons (Fsp3) is 0.750. The Morgan fingerprint density at radius 3 is 2.40 bits per heavy atom. The van der Waals surface area contributed by atoms with Crippen molar-refractivity contribution in [3.05, 3.63) is 12.7 Å². The smallest absolute Gasteiger partial charge is 0.311 e. The third-order valence-corrected chi connectivity index (χ3v) is 1.95. The Kier molecular flexibility index (Phi) is 5.58. The lowest BCUT2D eigenvalue weighted by Crippen LogP contribution is -2.30. The van der Waals surface area contributed by atoms with Crippen LogP contribution in [0.1, 0.15) is 34.1 Å². The van der Waals surface area contributed by atoms with E-state index in [1.807, 2.05) is 20.8 Å². The number of hydrogen-bond acceptors (Lipinski definition) is 3. The number of allylic oxidation sites excluding steroid dienone is 1. The van der Waals surface area contributed by atoms with Gasteiger partial charge in [0.1, 0.15) is 0 Å². The molecule has 0 aromatic rings. The Morgan fingerprint density at radius 2 is 2.07 bits per heavy atom. The summed E-state index contributed by atoms with van der Waals surface area (Å²) in [5.41, 5.74) is -0.0485. The molecule has 3 heteroatoms. The maximum absolute atomic E-state index is 11.6. The molecule has 88 valence electrons. The number of esters is 1. The van der Waals surface area contributed by atoms with Crippen molar-refractivity contribution in [1.82, 2.24) is 0 Å². The Balaban J connectivity index is 4.21. The van der Waals surface area contributed by atoms with Crippen molar-refractivity contribution < 1.29 is 14.6 Å². The normalized spacial score (nSPS) is 15.5. The third-order valence-electron chi connectivity index (χ3n) is 1.95. The molecule has 0 aromatic carbocycles. The Morgan fingerprint density at radius 1 is 1.53 bits per heavy atom. The number of carbonyl (C=O) groups excluding carboxylic acids is 1. The van der Waals surface area contributed by atoms with Crippen molar-refractivity contribution >= 4 is 5.97 Å². The van der Waals surface area contributed by atoms with E-state index in [2.05, 4.69) is 6.58 Å². The second kappa shape index (κ2) is 5.91. The zero-order valence-corrected chi connectivity index (χ0v) is 10.1. The van der Waals surface area contributed by atoms with Crippen molar-refractivity contribution in [3.63, 3.8) is 0 Å². The van der Waals surface area contributed by atoms with Crippen LogP contribution < -0.4 is 0 Å². The summed E-state index contributed by atoms with van der Waals surface area (Å²) < 4.78 is 5.14. The van der Waals surface area contributed by atoms with Crippen LogP contribution in [0.2, 0.25) is 0 Å². The second-order valence-corrected chi connectivity index (χ2v) is 5.04. The molecule has 0 unspecified atom stereocenters. The van der Waals surface area contributed by atoms with Crippen LogP contribution in [-0.2, 0) is 9.53 Å². The lowest BCUT2D eigenvalue weighted by molar-refractivity contribution is -0.154. The summed E-state index contributed by atoms with van der Waals surface area (Å²) in [7, 11) is 0. The van der Waals surface area contributed by atoms with Crippen molar-refractivity contribution in [2.24, 2.45) is 11.3 Å². The van der Waals surface area contributed by atoms with Gasteiger partial charge in [0.05, 0.1) is 18.6 Å². The van der Waals surface area contributed by atoms with E-state index in [0.717, 1.165) is 0 Å². The van der Waals surface area contributed by atoms with Crippen LogP contribution in [0.5, 0.6) is 0 Å². The molecule has 0 aromatic heterocycles. The molecule has 0 aliphatic rings. The maximum atomic E-state index is 11.6. The zero-order chi connectivity index (χ0) is 12.1. The summed E-state index contributed by atoms with van der Waals surface area (Å²) in [6.07, 6.45) is 1.37. The summed E-state index contributed by atoms with van der Waals surface area (Å²) in [6, 6.07) is 0. The van der Waals surface area contributed by atoms with E-state index in [-0.39, 0.29) is 11.4 Å². The lowest BCUT2D eigenvalue weighted by atomic mass is 9.97. The third kappa shape index (κ3) is 6.28. The predicted octanol–water partition coefficient (Wildman–Crippen LogP) is 2.15. The van der Waals surface area contributed by atoms with E-state index in [4.69, 9.17) is 4.74 Å². The summed E-state index contributed by atoms with van der Waals surface area (Å²) in [5.74, 6) is -0.843. The van der Waals surface area contributed by atoms with Gasteiger partial charge >= 0.3 is 5.97 Å². The van der Waals surface area contributed by atoms with Crippen molar-refractivity contribution in [2.75, 3.05) is 6.61 Å². The first-order valence-electron chi connectivity index (χ1n) is 5.23. The second-order valence-electron chi connectivity index (χ2n) is 5.04. The van der Waals surface area contributed by atoms with Gasteiger partial charge in [-0.2, -0.15) is 0 Å². The molecule has 0 radical (unpaired) electrons. The van der Waals surface area contributed by atoms with Gasteiger partial charge in [-0.3, -0.25) is 4.79 Å². The molecule has 2 atom stereocenters. The molecule has 0 fully saturated rings. The first kappa shape index (κ1) is 14.2. The molecular weight excluding hydrogens is 192 g/mol. The molecule has 0 rings (SSSR count). The fourth-order valence-electron chi connectivity index (χ4n) is 1.06. The lowest BCUT2D eigenvalue weighted by Gasteiger charge is -2.22. The molecule has 3 nitrogen and oxygen atoms in total. The zero-order valence-electron chi connectivity index (χ0n) is 10.1. The van der Waals surface area contributed by atoms with Gasteiger partial charge in [-0.05, 0) is 18.8 Å². The Labute approximate surface area is 92.1 Å². The highest BCUT2D eigenvalue weighted by Gasteiger charge is 2.25. The van der Waals surface area contributed by atoms with E-state index in [1.54, 1.807) is 13.0 Å². The molecule has 0 aliphatic heterocycles. The molecule has 0 heterocycles. The van der Waals surface area contributed by atoms with Gasteiger partial charge in [0, 0.05) is 0 Å². The summed E-state index contributed by atoms with van der Waals surface area (Å²) >= 11 is 0. The standard InChI is InChI=1S/C12H22O3/c1-6-7-10(9(2)13)11(14)15-8-12(3,4)5/h6,9-10,13H,1,7-8H2,2-5H3/t9-,10+/m0/s1. The molecule has 0 bridgehead atoms. The van der Waals surface area contributed by atoms with Gasteiger partial charge in [0.2, 0.25) is 0 Å². The van der Waals surface area contributed by atoms with Gasteiger partial charge in [-0.15, -0.1) is 6.58 Å². The number of aliphatic hydroxyl groups excluding tert-OH is 1. The van der Waals surface area contributed by atoms with Gasteiger partial charge in [0.25, 0.3) is 0 Å². The summed E-state index contributed by atoms with van der Waals surface area (Å²) in [5, 5.41) is 9.39. The molecule has 0 spiro atoms. The van der Waals surface area contributed by atoms with Crippen LogP contribution in [0.4, 0.5) is 0 Å². The average molecular weight is 214 g/mol. The number of hydrogen-bond donors (Lipinski definition) is 1. The number of carbonyl (C=O) groups is 1. The van der Waals surface area contributed by atoms with E-state index in [9.17, 15) is 9.90 Å². The minimum atomic E-state index is -0.699. The molecule has 15 heavy (non-hydrogen) atoms. The van der Waals surface area contributed by atoms with Crippen LogP contribution in [0.3, 0.4) is 0 Å². The Bertz CT molecular complexity index is 213. The minimum absolute atomic E-state index is 0.0485. The van der Waals surface area contributed by atoms with E-state index in [1.165, 1.54) is 0 Å². The first-order chi connectivity index (χ1) is 6.78. The molecule has 1 N–H and O–H groups in total. The largest absolute Gasteiger partial charge is 0.465 e. The summed E-state index contributed by atoms with van der Waals surface area (Å²) in [6.45, 7) is 11.5. The van der Waals surface area contributed by atoms with E-state index >= 15 is 0 Å². The number of aliphatic hydroxyl groups is 1. The molecule has 0 saturated carbocycles.